The number of fused-ring (bicyclic) bond motifs is 2. The highest BCUT2D eigenvalue weighted by Gasteiger charge is 2.35. The molecule has 0 spiro atoms. The van der Waals surface area contributed by atoms with E-state index >= 15 is 0 Å². The molecule has 2 bridgehead atoms. The van der Waals surface area contributed by atoms with Crippen molar-refractivity contribution in [3.8, 4) is 0 Å². The van der Waals surface area contributed by atoms with Gasteiger partial charge in [-0.2, -0.15) is 0 Å². The molecule has 1 saturated heterocycles. The topological polar surface area (TPSA) is 21.3 Å². The fourth-order valence-electron chi connectivity index (χ4n) is 3.35. The first-order valence-corrected chi connectivity index (χ1v) is 6.38. The minimum absolute atomic E-state index is 0.777. The monoisotopic (exact) mass is 207 g/mol. The molecule has 2 nitrogen and oxygen atoms in total. The molecule has 2 aliphatic carbocycles. The molecular weight excluding hydrogens is 186 g/mol. The Morgan fingerprint density at radius 2 is 2.20 bits per heavy atom. The minimum Gasteiger partial charge on any atom is -0.381 e. The third-order valence-electron chi connectivity index (χ3n) is 4.28. The van der Waals surface area contributed by atoms with Gasteiger partial charge >= 0.3 is 0 Å². The summed E-state index contributed by atoms with van der Waals surface area (Å²) >= 11 is 0. The van der Waals surface area contributed by atoms with Crippen LogP contribution in [0.4, 0.5) is 0 Å². The summed E-state index contributed by atoms with van der Waals surface area (Å²) in [6.07, 6.45) is 8.98. The van der Waals surface area contributed by atoms with E-state index in [2.05, 4.69) is 17.5 Å². The Hall–Kier alpha value is -0.340. The van der Waals surface area contributed by atoms with Gasteiger partial charge in [-0.3, -0.25) is 0 Å². The Balaban J connectivity index is 1.38. The van der Waals surface area contributed by atoms with Crippen LogP contribution in [0, 0.1) is 23.7 Å². The number of ether oxygens (including phenoxy) is 1. The molecule has 3 rings (SSSR count). The molecule has 15 heavy (non-hydrogen) atoms. The number of allylic oxidation sites excluding steroid dienone is 2. The van der Waals surface area contributed by atoms with Crippen LogP contribution in [0.2, 0.25) is 0 Å². The lowest BCUT2D eigenvalue weighted by Gasteiger charge is -2.19. The summed E-state index contributed by atoms with van der Waals surface area (Å²) in [6.45, 7) is 4.34. The van der Waals surface area contributed by atoms with Crippen LogP contribution in [0.1, 0.15) is 19.3 Å². The molecular formula is C13H21NO. The van der Waals surface area contributed by atoms with Crippen LogP contribution in [0.3, 0.4) is 0 Å². The number of hydrogen-bond donors (Lipinski definition) is 1. The van der Waals surface area contributed by atoms with E-state index in [1.165, 1.54) is 25.8 Å². The van der Waals surface area contributed by atoms with Gasteiger partial charge in [0.05, 0.1) is 6.61 Å². The van der Waals surface area contributed by atoms with Gasteiger partial charge in [0.1, 0.15) is 0 Å². The Morgan fingerprint density at radius 1 is 1.20 bits per heavy atom. The van der Waals surface area contributed by atoms with Crippen LogP contribution in [-0.4, -0.2) is 26.3 Å². The molecule has 2 heteroatoms. The summed E-state index contributed by atoms with van der Waals surface area (Å²) in [4.78, 5) is 0. The van der Waals surface area contributed by atoms with Gasteiger partial charge in [0.2, 0.25) is 0 Å². The highest BCUT2D eigenvalue weighted by atomic mass is 16.5. The summed E-state index contributed by atoms with van der Waals surface area (Å²) in [7, 11) is 0. The van der Waals surface area contributed by atoms with Gasteiger partial charge in [-0.05, 0) is 49.5 Å². The molecule has 1 heterocycles. The van der Waals surface area contributed by atoms with Crippen LogP contribution in [0.5, 0.6) is 0 Å². The quantitative estimate of drug-likeness (QED) is 0.710. The highest BCUT2D eigenvalue weighted by molar-refractivity contribution is 5.10. The van der Waals surface area contributed by atoms with Crippen molar-refractivity contribution in [3.05, 3.63) is 12.2 Å². The fraction of sp³-hybridized carbons (Fsp3) is 0.846. The smallest absolute Gasteiger partial charge is 0.0507 e. The van der Waals surface area contributed by atoms with E-state index in [0.29, 0.717) is 0 Å². The normalized spacial score (nSPS) is 42.9. The second-order valence-corrected chi connectivity index (χ2v) is 5.43. The lowest BCUT2D eigenvalue weighted by molar-refractivity contribution is 0.185. The number of nitrogens with one attached hydrogen (secondary N) is 1. The van der Waals surface area contributed by atoms with Crippen LogP contribution < -0.4 is 5.32 Å². The van der Waals surface area contributed by atoms with E-state index in [0.717, 1.165) is 43.4 Å². The van der Waals surface area contributed by atoms with Crippen molar-refractivity contribution in [2.24, 2.45) is 23.7 Å². The van der Waals surface area contributed by atoms with Gasteiger partial charge < -0.3 is 10.1 Å². The maximum atomic E-state index is 5.38. The molecule has 2 fully saturated rings. The molecule has 1 saturated carbocycles. The van der Waals surface area contributed by atoms with Crippen molar-refractivity contribution >= 4 is 0 Å². The third-order valence-corrected chi connectivity index (χ3v) is 4.28. The van der Waals surface area contributed by atoms with Crippen molar-refractivity contribution in [1.29, 1.82) is 0 Å². The molecule has 1 N–H and O–H groups in total. The zero-order chi connectivity index (χ0) is 10.1. The van der Waals surface area contributed by atoms with Gasteiger partial charge in [-0.1, -0.05) is 12.2 Å². The van der Waals surface area contributed by atoms with E-state index in [1.54, 1.807) is 0 Å². The lowest BCUT2D eigenvalue weighted by Crippen LogP contribution is -2.30. The van der Waals surface area contributed by atoms with Gasteiger partial charge in [0.15, 0.2) is 0 Å². The first-order chi connectivity index (χ1) is 7.42. The number of hydrogen-bond acceptors (Lipinski definition) is 2. The second-order valence-electron chi connectivity index (χ2n) is 5.43. The Bertz CT molecular complexity index is 245. The zero-order valence-corrected chi connectivity index (χ0v) is 9.32. The number of rotatable bonds is 4. The van der Waals surface area contributed by atoms with Gasteiger partial charge in [0, 0.05) is 13.2 Å². The SMILES string of the molecule is C1=CC2CC1CC2CNCC1CCOC1. The Labute approximate surface area is 92.1 Å². The van der Waals surface area contributed by atoms with Crippen LogP contribution in [-0.2, 0) is 4.74 Å². The lowest BCUT2D eigenvalue weighted by atomic mass is 9.93. The van der Waals surface area contributed by atoms with E-state index < -0.39 is 0 Å². The van der Waals surface area contributed by atoms with Crippen molar-refractivity contribution in [2.45, 2.75) is 19.3 Å². The molecule has 84 valence electrons. The van der Waals surface area contributed by atoms with Crippen LogP contribution in [0.25, 0.3) is 0 Å². The van der Waals surface area contributed by atoms with E-state index in [-0.39, 0.29) is 0 Å². The van der Waals surface area contributed by atoms with Gasteiger partial charge in [-0.25, -0.2) is 0 Å². The van der Waals surface area contributed by atoms with Crippen molar-refractivity contribution in [2.75, 3.05) is 26.3 Å². The Kier molecular flexibility index (Phi) is 2.80. The molecule has 4 unspecified atom stereocenters. The average Bonchev–Trinajstić information content (AvgIpc) is 2.93. The molecule has 0 aromatic heterocycles. The highest BCUT2D eigenvalue weighted by Crippen LogP contribution is 2.42. The maximum Gasteiger partial charge on any atom is 0.0507 e. The summed E-state index contributed by atoms with van der Waals surface area (Å²) in [6, 6.07) is 0. The molecule has 3 aliphatic rings. The standard InChI is InChI=1S/C13H21NO/c1-2-12-5-10(1)6-13(12)8-14-7-11-3-4-15-9-11/h1-2,10-14H,3-9H2. The van der Waals surface area contributed by atoms with Gasteiger partial charge in [0.25, 0.3) is 0 Å². The van der Waals surface area contributed by atoms with Crippen molar-refractivity contribution in [1.82, 2.24) is 5.32 Å². The van der Waals surface area contributed by atoms with Crippen LogP contribution >= 0.6 is 0 Å². The van der Waals surface area contributed by atoms with Gasteiger partial charge in [-0.15, -0.1) is 0 Å². The van der Waals surface area contributed by atoms with Crippen molar-refractivity contribution in [3.63, 3.8) is 0 Å². The summed E-state index contributed by atoms with van der Waals surface area (Å²) in [5, 5.41) is 3.64. The summed E-state index contributed by atoms with van der Waals surface area (Å²) in [5.74, 6) is 3.50. The van der Waals surface area contributed by atoms with E-state index in [1.807, 2.05) is 0 Å². The largest absolute Gasteiger partial charge is 0.381 e. The van der Waals surface area contributed by atoms with E-state index in [4.69, 9.17) is 4.74 Å². The fourth-order valence-corrected chi connectivity index (χ4v) is 3.35. The molecule has 0 aromatic rings. The van der Waals surface area contributed by atoms with E-state index in [9.17, 15) is 0 Å². The molecule has 1 aliphatic heterocycles. The van der Waals surface area contributed by atoms with Crippen molar-refractivity contribution < 1.29 is 4.74 Å². The first kappa shape index (κ1) is 9.86. The Morgan fingerprint density at radius 3 is 2.87 bits per heavy atom. The second kappa shape index (κ2) is 4.26. The molecule has 0 radical (unpaired) electrons. The summed E-state index contributed by atoms with van der Waals surface area (Å²) < 4.78 is 5.38. The first-order valence-electron chi connectivity index (χ1n) is 6.38. The predicted molar refractivity (Wildman–Crippen MR) is 60.6 cm³/mol. The summed E-state index contributed by atoms with van der Waals surface area (Å²) in [5.41, 5.74) is 0. The third kappa shape index (κ3) is 2.11. The predicted octanol–water partition coefficient (Wildman–Crippen LogP) is 1.82. The minimum atomic E-state index is 0.777. The molecule has 4 atom stereocenters. The molecule has 0 amide bonds. The van der Waals surface area contributed by atoms with Crippen LogP contribution in [0.15, 0.2) is 12.2 Å². The molecule has 0 aromatic carbocycles. The average molecular weight is 207 g/mol. The zero-order valence-electron chi connectivity index (χ0n) is 9.32. The maximum absolute atomic E-state index is 5.38.